The van der Waals surface area contributed by atoms with Gasteiger partial charge in [-0.15, -0.1) is 5.76 Å². The molecule has 0 fully saturated rings. The van der Waals surface area contributed by atoms with E-state index in [1.807, 2.05) is 0 Å². The maximum atomic E-state index is 11.5. The first-order chi connectivity index (χ1) is 6.83. The van der Waals surface area contributed by atoms with Gasteiger partial charge < -0.3 is 5.11 Å². The molecular weight excluding hydrogens is 259 g/mol. The van der Waals surface area contributed by atoms with E-state index in [9.17, 15) is 13.5 Å². The van der Waals surface area contributed by atoms with Crippen LogP contribution in [0.5, 0.6) is 0 Å². The molecule has 0 saturated carbocycles. The smallest absolute Gasteiger partial charge is 0.198 e. The first kappa shape index (κ1) is 12.4. The predicted octanol–water partition coefficient (Wildman–Crippen LogP) is 1.99. The van der Waals surface area contributed by atoms with E-state index in [1.54, 1.807) is 0 Å². The van der Waals surface area contributed by atoms with Crippen LogP contribution in [0.2, 0.25) is 10.0 Å². The fourth-order valence-corrected chi connectivity index (χ4v) is 2.42. The largest absolute Gasteiger partial charge is 0.875 e. The fraction of sp³-hybridized carbons (Fsp3) is 0.111. The summed E-state index contributed by atoms with van der Waals surface area (Å²) in [5.74, 6) is -0.541. The minimum absolute atomic E-state index is 0.0490. The summed E-state index contributed by atoms with van der Waals surface area (Å²) in [6.07, 6.45) is 0. The van der Waals surface area contributed by atoms with Crippen molar-refractivity contribution in [1.82, 2.24) is 0 Å². The lowest BCUT2D eigenvalue weighted by Crippen LogP contribution is -2.04. The standard InChI is InChI=1S/C9H8Cl2O3S/c1-6(12)5-15(13,14)7-2-3-8(10)9(11)4-7/h2-5,12H,1H3/p-1/b6-5-. The van der Waals surface area contributed by atoms with Crippen LogP contribution in [0.3, 0.4) is 0 Å². The van der Waals surface area contributed by atoms with E-state index in [0.29, 0.717) is 5.41 Å². The molecule has 0 amide bonds. The lowest BCUT2D eigenvalue weighted by Gasteiger charge is -2.05. The summed E-state index contributed by atoms with van der Waals surface area (Å²) in [4.78, 5) is -0.0490. The highest BCUT2D eigenvalue weighted by Gasteiger charge is 2.11. The summed E-state index contributed by atoms with van der Waals surface area (Å²) in [6.45, 7) is 1.16. The van der Waals surface area contributed by atoms with Crippen LogP contribution in [0.1, 0.15) is 6.92 Å². The molecule has 0 aromatic heterocycles. The fourth-order valence-electron chi connectivity index (χ4n) is 0.940. The molecule has 0 spiro atoms. The van der Waals surface area contributed by atoms with Crippen molar-refractivity contribution in [2.75, 3.05) is 0 Å². The van der Waals surface area contributed by atoms with Gasteiger partial charge in [0.25, 0.3) is 0 Å². The van der Waals surface area contributed by atoms with Gasteiger partial charge in [-0.3, -0.25) is 0 Å². The maximum absolute atomic E-state index is 11.5. The van der Waals surface area contributed by atoms with E-state index in [4.69, 9.17) is 23.2 Å². The van der Waals surface area contributed by atoms with Gasteiger partial charge in [0.2, 0.25) is 0 Å². The van der Waals surface area contributed by atoms with E-state index in [2.05, 4.69) is 0 Å². The van der Waals surface area contributed by atoms with Crippen LogP contribution >= 0.6 is 23.2 Å². The summed E-state index contributed by atoms with van der Waals surface area (Å²) >= 11 is 11.3. The SMILES string of the molecule is C/C([O-])=C/S(=O)(=O)c1ccc(Cl)c(Cl)c1. The van der Waals surface area contributed by atoms with Crippen LogP contribution in [-0.4, -0.2) is 8.42 Å². The Labute approximate surface area is 97.9 Å². The van der Waals surface area contributed by atoms with Gasteiger partial charge in [0.05, 0.1) is 14.9 Å². The highest BCUT2D eigenvalue weighted by atomic mass is 35.5. The van der Waals surface area contributed by atoms with Gasteiger partial charge in [-0.25, -0.2) is 8.42 Å². The molecule has 1 aromatic carbocycles. The third kappa shape index (κ3) is 3.12. The number of sulfone groups is 1. The Morgan fingerprint density at radius 1 is 1.33 bits per heavy atom. The molecule has 0 aliphatic carbocycles. The van der Waals surface area contributed by atoms with Crippen LogP contribution in [0.25, 0.3) is 0 Å². The van der Waals surface area contributed by atoms with E-state index in [1.165, 1.54) is 18.2 Å². The molecule has 0 unspecified atom stereocenters. The number of halogens is 2. The third-order valence-electron chi connectivity index (χ3n) is 1.54. The van der Waals surface area contributed by atoms with Crippen molar-refractivity contribution in [2.45, 2.75) is 11.8 Å². The van der Waals surface area contributed by atoms with Gasteiger partial charge in [0.15, 0.2) is 9.84 Å². The molecule has 82 valence electrons. The lowest BCUT2D eigenvalue weighted by atomic mass is 10.4. The Hall–Kier alpha value is -0.710. The Kier molecular flexibility index (Phi) is 3.65. The number of benzene rings is 1. The van der Waals surface area contributed by atoms with Crippen molar-refractivity contribution >= 4 is 33.0 Å². The molecule has 0 radical (unpaired) electrons. The van der Waals surface area contributed by atoms with Crippen molar-refractivity contribution in [3.05, 3.63) is 39.4 Å². The minimum atomic E-state index is -3.72. The lowest BCUT2D eigenvalue weighted by molar-refractivity contribution is -0.301. The summed E-state index contributed by atoms with van der Waals surface area (Å²) in [5.41, 5.74) is 0. The minimum Gasteiger partial charge on any atom is -0.875 e. The number of hydrogen-bond donors (Lipinski definition) is 0. The molecule has 1 aromatic rings. The van der Waals surface area contributed by atoms with Crippen molar-refractivity contribution in [2.24, 2.45) is 0 Å². The Morgan fingerprint density at radius 3 is 2.40 bits per heavy atom. The van der Waals surface area contributed by atoms with Crippen LogP contribution in [0, 0.1) is 0 Å². The zero-order chi connectivity index (χ0) is 11.6. The van der Waals surface area contributed by atoms with E-state index >= 15 is 0 Å². The van der Waals surface area contributed by atoms with Gasteiger partial charge >= 0.3 is 0 Å². The van der Waals surface area contributed by atoms with Crippen molar-refractivity contribution in [1.29, 1.82) is 0 Å². The summed E-state index contributed by atoms with van der Waals surface area (Å²) < 4.78 is 23.1. The zero-order valence-corrected chi connectivity index (χ0v) is 10.0. The molecule has 15 heavy (non-hydrogen) atoms. The van der Waals surface area contributed by atoms with Crippen LogP contribution < -0.4 is 5.11 Å². The monoisotopic (exact) mass is 265 g/mol. The number of allylic oxidation sites excluding steroid dienone is 1. The highest BCUT2D eigenvalue weighted by molar-refractivity contribution is 7.94. The normalized spacial score (nSPS) is 12.9. The second kappa shape index (κ2) is 4.43. The summed E-state index contributed by atoms with van der Waals surface area (Å²) in [6, 6.07) is 3.87. The van der Waals surface area contributed by atoms with Gasteiger partial charge in [0, 0.05) is 5.41 Å². The Morgan fingerprint density at radius 2 is 1.93 bits per heavy atom. The zero-order valence-electron chi connectivity index (χ0n) is 7.70. The molecule has 0 aliphatic heterocycles. The van der Waals surface area contributed by atoms with Crippen LogP contribution in [0.15, 0.2) is 34.3 Å². The number of rotatable bonds is 2. The van der Waals surface area contributed by atoms with Crippen molar-refractivity contribution in [3.63, 3.8) is 0 Å². The van der Waals surface area contributed by atoms with Gasteiger partial charge in [-0.05, 0) is 18.2 Å². The van der Waals surface area contributed by atoms with Gasteiger partial charge in [0.1, 0.15) is 0 Å². The molecule has 0 atom stereocenters. The molecule has 1 rings (SSSR count). The molecule has 0 aliphatic rings. The van der Waals surface area contributed by atoms with E-state index < -0.39 is 15.6 Å². The van der Waals surface area contributed by atoms with Crippen molar-refractivity contribution < 1.29 is 13.5 Å². The van der Waals surface area contributed by atoms with E-state index in [-0.39, 0.29) is 14.9 Å². The van der Waals surface area contributed by atoms with Gasteiger partial charge in [-0.2, -0.15) is 0 Å². The van der Waals surface area contributed by atoms with Crippen LogP contribution in [0.4, 0.5) is 0 Å². The van der Waals surface area contributed by atoms with Gasteiger partial charge in [-0.1, -0.05) is 30.1 Å². The highest BCUT2D eigenvalue weighted by Crippen LogP contribution is 2.25. The second-order valence-corrected chi connectivity index (χ2v) is 5.46. The third-order valence-corrected chi connectivity index (χ3v) is 3.83. The predicted molar refractivity (Wildman–Crippen MR) is 57.4 cm³/mol. The topological polar surface area (TPSA) is 57.2 Å². The number of hydrogen-bond acceptors (Lipinski definition) is 3. The molecule has 0 heterocycles. The van der Waals surface area contributed by atoms with Crippen LogP contribution in [-0.2, 0) is 9.84 Å². The summed E-state index contributed by atoms with van der Waals surface area (Å²) in [7, 11) is -3.72. The molecule has 0 N–H and O–H groups in total. The van der Waals surface area contributed by atoms with Crippen molar-refractivity contribution in [3.8, 4) is 0 Å². The first-order valence-corrected chi connectivity index (χ1v) is 6.18. The quantitative estimate of drug-likeness (QED) is 0.769. The molecule has 6 heteroatoms. The second-order valence-electron chi connectivity index (χ2n) is 2.85. The average molecular weight is 266 g/mol. The Balaban J connectivity index is 3.29. The summed E-state index contributed by atoms with van der Waals surface area (Å²) in [5, 5.41) is 11.7. The maximum Gasteiger partial charge on any atom is 0.198 e. The van der Waals surface area contributed by atoms with E-state index in [0.717, 1.165) is 6.92 Å². The molecular formula is C9H7Cl2O3S-. The average Bonchev–Trinajstić information content (AvgIpc) is 2.07. The molecule has 0 bridgehead atoms. The molecule has 0 saturated heterocycles. The first-order valence-electron chi connectivity index (χ1n) is 3.88. The Bertz CT molecular complexity index is 502. The molecule has 3 nitrogen and oxygen atoms in total.